The molecule has 0 atom stereocenters. The highest BCUT2D eigenvalue weighted by Gasteiger charge is 2.21. The standard InChI is InChI=1S/C12H23N/c1-4-10-13(3)12-8-6-11(5-2)7-9-12/h5,11-12H,2,4,6-10H2,1,3H3. The van der Waals surface area contributed by atoms with E-state index >= 15 is 0 Å². The molecule has 1 aliphatic rings. The van der Waals surface area contributed by atoms with Gasteiger partial charge in [0, 0.05) is 6.04 Å². The first-order chi connectivity index (χ1) is 6.27. The first-order valence-electron chi connectivity index (χ1n) is 5.60. The molecule has 0 N–H and O–H groups in total. The SMILES string of the molecule is C=CC1CCC(N(C)CCC)CC1. The summed E-state index contributed by atoms with van der Waals surface area (Å²) in [6, 6.07) is 0.844. The minimum absolute atomic E-state index is 0.797. The van der Waals surface area contributed by atoms with E-state index in [1.165, 1.54) is 38.6 Å². The second-order valence-electron chi connectivity index (χ2n) is 4.28. The maximum absolute atomic E-state index is 3.88. The molecule has 0 aromatic heterocycles. The van der Waals surface area contributed by atoms with Gasteiger partial charge >= 0.3 is 0 Å². The van der Waals surface area contributed by atoms with Gasteiger partial charge in [0.05, 0.1) is 0 Å². The fourth-order valence-electron chi connectivity index (χ4n) is 2.31. The second-order valence-corrected chi connectivity index (χ2v) is 4.28. The third-order valence-corrected chi connectivity index (χ3v) is 3.27. The molecule has 1 saturated carbocycles. The van der Waals surface area contributed by atoms with Crippen LogP contribution < -0.4 is 0 Å². The van der Waals surface area contributed by atoms with E-state index in [0.717, 1.165) is 12.0 Å². The van der Waals surface area contributed by atoms with Gasteiger partial charge in [0.1, 0.15) is 0 Å². The van der Waals surface area contributed by atoms with Gasteiger partial charge in [0.15, 0.2) is 0 Å². The van der Waals surface area contributed by atoms with Crippen molar-refractivity contribution in [3.05, 3.63) is 12.7 Å². The summed E-state index contributed by atoms with van der Waals surface area (Å²) in [5.41, 5.74) is 0. The Labute approximate surface area is 82.8 Å². The molecule has 0 bridgehead atoms. The molecule has 0 aromatic rings. The highest BCUT2D eigenvalue weighted by Crippen LogP contribution is 2.27. The molecule has 1 nitrogen and oxygen atoms in total. The molecule has 1 rings (SSSR count). The lowest BCUT2D eigenvalue weighted by Crippen LogP contribution is -2.35. The average molecular weight is 181 g/mol. The van der Waals surface area contributed by atoms with Gasteiger partial charge in [-0.25, -0.2) is 0 Å². The molecule has 76 valence electrons. The summed E-state index contributed by atoms with van der Waals surface area (Å²) >= 11 is 0. The predicted molar refractivity (Wildman–Crippen MR) is 58.9 cm³/mol. The van der Waals surface area contributed by atoms with Crippen LogP contribution in [0.2, 0.25) is 0 Å². The predicted octanol–water partition coefficient (Wildman–Crippen LogP) is 3.07. The molecule has 0 radical (unpaired) electrons. The van der Waals surface area contributed by atoms with Crippen LogP contribution in [-0.4, -0.2) is 24.5 Å². The van der Waals surface area contributed by atoms with Crippen LogP contribution in [0.1, 0.15) is 39.0 Å². The van der Waals surface area contributed by atoms with Crippen LogP contribution in [0.5, 0.6) is 0 Å². The third kappa shape index (κ3) is 3.15. The van der Waals surface area contributed by atoms with Gasteiger partial charge in [0.2, 0.25) is 0 Å². The lowest BCUT2D eigenvalue weighted by Gasteiger charge is -2.33. The summed E-state index contributed by atoms with van der Waals surface area (Å²) in [5.74, 6) is 0.797. The van der Waals surface area contributed by atoms with Crippen LogP contribution in [0.15, 0.2) is 12.7 Å². The Morgan fingerprint density at radius 3 is 2.38 bits per heavy atom. The van der Waals surface area contributed by atoms with Gasteiger partial charge < -0.3 is 4.90 Å². The maximum atomic E-state index is 3.88. The Balaban J connectivity index is 2.27. The summed E-state index contributed by atoms with van der Waals surface area (Å²) in [6.45, 7) is 7.39. The third-order valence-electron chi connectivity index (χ3n) is 3.27. The van der Waals surface area contributed by atoms with Gasteiger partial charge in [0.25, 0.3) is 0 Å². The van der Waals surface area contributed by atoms with Gasteiger partial charge in [-0.2, -0.15) is 0 Å². The molecule has 1 heteroatoms. The Bertz CT molecular complexity index is 145. The zero-order valence-corrected chi connectivity index (χ0v) is 9.13. The molecule has 0 heterocycles. The van der Waals surface area contributed by atoms with Crippen molar-refractivity contribution in [2.24, 2.45) is 5.92 Å². The van der Waals surface area contributed by atoms with Crippen molar-refractivity contribution in [3.63, 3.8) is 0 Å². The quantitative estimate of drug-likeness (QED) is 0.602. The molecule has 0 aromatic carbocycles. The van der Waals surface area contributed by atoms with E-state index in [0.29, 0.717) is 0 Å². The van der Waals surface area contributed by atoms with Crippen LogP contribution in [0.4, 0.5) is 0 Å². The lowest BCUT2D eigenvalue weighted by molar-refractivity contribution is 0.177. The normalized spacial score (nSPS) is 29.2. The number of rotatable bonds is 4. The van der Waals surface area contributed by atoms with Crippen molar-refractivity contribution < 1.29 is 0 Å². The highest BCUT2D eigenvalue weighted by molar-refractivity contribution is 4.86. The maximum Gasteiger partial charge on any atom is 0.00926 e. The van der Waals surface area contributed by atoms with Gasteiger partial charge in [-0.05, 0) is 51.6 Å². The lowest BCUT2D eigenvalue weighted by atomic mass is 9.85. The number of nitrogens with zero attached hydrogens (tertiary/aromatic N) is 1. The van der Waals surface area contributed by atoms with Gasteiger partial charge in [-0.3, -0.25) is 0 Å². The molecule has 13 heavy (non-hydrogen) atoms. The highest BCUT2D eigenvalue weighted by atomic mass is 15.1. The van der Waals surface area contributed by atoms with E-state index in [2.05, 4.69) is 31.5 Å². The van der Waals surface area contributed by atoms with Crippen LogP contribution in [0.3, 0.4) is 0 Å². The summed E-state index contributed by atoms with van der Waals surface area (Å²) in [6.07, 6.45) is 8.85. The fourth-order valence-corrected chi connectivity index (χ4v) is 2.31. The molecule has 0 amide bonds. The van der Waals surface area contributed by atoms with Crippen molar-refractivity contribution in [1.29, 1.82) is 0 Å². The zero-order chi connectivity index (χ0) is 9.68. The van der Waals surface area contributed by atoms with Crippen molar-refractivity contribution in [2.45, 2.75) is 45.1 Å². The largest absolute Gasteiger partial charge is 0.303 e. The molecule has 0 spiro atoms. The van der Waals surface area contributed by atoms with E-state index in [4.69, 9.17) is 0 Å². The first kappa shape index (κ1) is 10.8. The molecular weight excluding hydrogens is 158 g/mol. The van der Waals surface area contributed by atoms with E-state index in [1.54, 1.807) is 0 Å². The number of hydrogen-bond donors (Lipinski definition) is 0. The molecule has 0 unspecified atom stereocenters. The van der Waals surface area contributed by atoms with Crippen molar-refractivity contribution in [1.82, 2.24) is 4.90 Å². The molecule has 1 fully saturated rings. The molecule has 1 aliphatic carbocycles. The number of allylic oxidation sites excluding steroid dienone is 1. The summed E-state index contributed by atoms with van der Waals surface area (Å²) in [5, 5.41) is 0. The van der Waals surface area contributed by atoms with Crippen LogP contribution >= 0.6 is 0 Å². The van der Waals surface area contributed by atoms with Crippen molar-refractivity contribution in [3.8, 4) is 0 Å². The van der Waals surface area contributed by atoms with E-state index in [1.807, 2.05) is 0 Å². The monoisotopic (exact) mass is 181 g/mol. The van der Waals surface area contributed by atoms with Crippen molar-refractivity contribution in [2.75, 3.05) is 13.6 Å². The molecular formula is C12H23N. The van der Waals surface area contributed by atoms with E-state index in [-0.39, 0.29) is 0 Å². The van der Waals surface area contributed by atoms with Crippen LogP contribution in [-0.2, 0) is 0 Å². The van der Waals surface area contributed by atoms with Gasteiger partial charge in [-0.15, -0.1) is 6.58 Å². The zero-order valence-electron chi connectivity index (χ0n) is 9.13. The Hall–Kier alpha value is -0.300. The Morgan fingerprint density at radius 1 is 1.31 bits per heavy atom. The second kappa shape index (κ2) is 5.43. The topological polar surface area (TPSA) is 3.24 Å². The van der Waals surface area contributed by atoms with E-state index in [9.17, 15) is 0 Å². The average Bonchev–Trinajstić information content (AvgIpc) is 2.18. The number of hydrogen-bond acceptors (Lipinski definition) is 1. The Morgan fingerprint density at radius 2 is 1.92 bits per heavy atom. The smallest absolute Gasteiger partial charge is 0.00926 e. The van der Waals surface area contributed by atoms with Crippen LogP contribution in [0.25, 0.3) is 0 Å². The summed E-state index contributed by atoms with van der Waals surface area (Å²) in [7, 11) is 2.27. The summed E-state index contributed by atoms with van der Waals surface area (Å²) in [4.78, 5) is 2.53. The minimum Gasteiger partial charge on any atom is -0.303 e. The van der Waals surface area contributed by atoms with E-state index < -0.39 is 0 Å². The minimum atomic E-state index is 0.797. The van der Waals surface area contributed by atoms with Crippen molar-refractivity contribution >= 4 is 0 Å². The van der Waals surface area contributed by atoms with Gasteiger partial charge in [-0.1, -0.05) is 13.0 Å². The summed E-state index contributed by atoms with van der Waals surface area (Å²) < 4.78 is 0. The first-order valence-corrected chi connectivity index (χ1v) is 5.60. The molecule has 0 saturated heterocycles. The fraction of sp³-hybridized carbons (Fsp3) is 0.833. The molecule has 0 aliphatic heterocycles. The Kier molecular flexibility index (Phi) is 4.51. The van der Waals surface area contributed by atoms with Crippen LogP contribution in [0, 0.1) is 5.92 Å².